The second-order valence-electron chi connectivity index (χ2n) is 3.98. The van der Waals surface area contributed by atoms with Gasteiger partial charge in [-0.1, -0.05) is 12.1 Å². The van der Waals surface area contributed by atoms with E-state index in [9.17, 15) is 0 Å². The number of aromatic nitrogens is 2. The first-order chi connectivity index (χ1) is 8.28. The maximum Gasteiger partial charge on any atom is 0.119 e. The van der Waals surface area contributed by atoms with E-state index in [4.69, 9.17) is 10.5 Å². The first-order valence-corrected chi connectivity index (χ1v) is 5.69. The molecule has 2 rings (SSSR count). The van der Waals surface area contributed by atoms with E-state index in [1.54, 1.807) is 0 Å². The van der Waals surface area contributed by atoms with Crippen LogP contribution in [0.5, 0.6) is 5.75 Å². The molecule has 17 heavy (non-hydrogen) atoms. The van der Waals surface area contributed by atoms with Crippen molar-refractivity contribution in [3.05, 3.63) is 47.8 Å². The second-order valence-corrected chi connectivity index (χ2v) is 3.98. The standard InChI is InChI=1S/C13H17N3O/c1-11-9-15-16(10-11)6-7-17-13-4-2-12(8-14)3-5-13/h2-5,9-10H,6-8,14H2,1H3. The van der Waals surface area contributed by atoms with Gasteiger partial charge in [-0.15, -0.1) is 0 Å². The zero-order valence-corrected chi connectivity index (χ0v) is 9.97. The Morgan fingerprint density at radius 3 is 2.65 bits per heavy atom. The van der Waals surface area contributed by atoms with Crippen molar-refractivity contribution < 1.29 is 4.74 Å². The molecular weight excluding hydrogens is 214 g/mol. The molecule has 2 N–H and O–H groups in total. The van der Waals surface area contributed by atoms with Gasteiger partial charge in [0, 0.05) is 12.7 Å². The number of benzene rings is 1. The van der Waals surface area contributed by atoms with Crippen LogP contribution in [-0.4, -0.2) is 16.4 Å². The molecule has 0 aliphatic rings. The third-order valence-corrected chi connectivity index (χ3v) is 2.51. The number of aryl methyl sites for hydroxylation is 1. The molecular formula is C13H17N3O. The van der Waals surface area contributed by atoms with Crippen molar-refractivity contribution in [3.63, 3.8) is 0 Å². The molecule has 0 fully saturated rings. The summed E-state index contributed by atoms with van der Waals surface area (Å²) < 4.78 is 7.50. The van der Waals surface area contributed by atoms with Crippen LogP contribution in [0.1, 0.15) is 11.1 Å². The summed E-state index contributed by atoms with van der Waals surface area (Å²) >= 11 is 0. The molecule has 0 spiro atoms. The molecule has 0 unspecified atom stereocenters. The molecule has 0 saturated heterocycles. The van der Waals surface area contributed by atoms with Crippen molar-refractivity contribution in [2.24, 2.45) is 5.73 Å². The van der Waals surface area contributed by atoms with E-state index in [0.29, 0.717) is 13.2 Å². The molecule has 4 heteroatoms. The van der Waals surface area contributed by atoms with E-state index in [-0.39, 0.29) is 0 Å². The Hall–Kier alpha value is -1.81. The Kier molecular flexibility index (Phi) is 3.77. The van der Waals surface area contributed by atoms with Gasteiger partial charge in [0.2, 0.25) is 0 Å². The van der Waals surface area contributed by atoms with Crippen LogP contribution in [0.2, 0.25) is 0 Å². The number of ether oxygens (including phenoxy) is 1. The van der Waals surface area contributed by atoms with Crippen molar-refractivity contribution in [3.8, 4) is 5.75 Å². The largest absolute Gasteiger partial charge is 0.492 e. The molecule has 1 heterocycles. The van der Waals surface area contributed by atoms with Crippen molar-refractivity contribution in [2.45, 2.75) is 20.0 Å². The van der Waals surface area contributed by atoms with Gasteiger partial charge in [-0.3, -0.25) is 4.68 Å². The summed E-state index contributed by atoms with van der Waals surface area (Å²) in [6.45, 7) is 3.96. The first kappa shape index (κ1) is 11.7. The lowest BCUT2D eigenvalue weighted by Gasteiger charge is -2.06. The van der Waals surface area contributed by atoms with E-state index < -0.39 is 0 Å². The highest BCUT2D eigenvalue weighted by Gasteiger charge is 1.96. The van der Waals surface area contributed by atoms with E-state index >= 15 is 0 Å². The third kappa shape index (κ3) is 3.32. The molecule has 0 aliphatic carbocycles. The highest BCUT2D eigenvalue weighted by Crippen LogP contribution is 2.11. The van der Waals surface area contributed by atoms with Gasteiger partial charge in [-0.05, 0) is 30.2 Å². The maximum absolute atomic E-state index is 5.62. The van der Waals surface area contributed by atoms with Crippen LogP contribution in [0.25, 0.3) is 0 Å². The normalized spacial score (nSPS) is 10.5. The van der Waals surface area contributed by atoms with Crippen LogP contribution in [0.15, 0.2) is 36.7 Å². The zero-order chi connectivity index (χ0) is 12.1. The minimum Gasteiger partial charge on any atom is -0.492 e. The van der Waals surface area contributed by atoms with Gasteiger partial charge < -0.3 is 10.5 Å². The summed E-state index contributed by atoms with van der Waals surface area (Å²) in [6, 6.07) is 7.84. The predicted molar refractivity (Wildman–Crippen MR) is 66.8 cm³/mol. The Bertz CT molecular complexity index is 462. The van der Waals surface area contributed by atoms with Crippen molar-refractivity contribution in [2.75, 3.05) is 6.61 Å². The van der Waals surface area contributed by atoms with Gasteiger partial charge in [0.05, 0.1) is 12.7 Å². The molecule has 4 nitrogen and oxygen atoms in total. The summed E-state index contributed by atoms with van der Waals surface area (Å²) in [7, 11) is 0. The topological polar surface area (TPSA) is 53.1 Å². The highest BCUT2D eigenvalue weighted by atomic mass is 16.5. The Morgan fingerprint density at radius 1 is 1.29 bits per heavy atom. The highest BCUT2D eigenvalue weighted by molar-refractivity contribution is 5.26. The van der Waals surface area contributed by atoms with Gasteiger partial charge >= 0.3 is 0 Å². The summed E-state index contributed by atoms with van der Waals surface area (Å²) in [5, 5.41) is 4.19. The molecule has 0 atom stereocenters. The number of nitrogens with zero attached hydrogens (tertiary/aromatic N) is 2. The maximum atomic E-state index is 5.62. The molecule has 90 valence electrons. The van der Waals surface area contributed by atoms with Gasteiger partial charge in [0.25, 0.3) is 0 Å². The Morgan fingerprint density at radius 2 is 2.06 bits per heavy atom. The Labute approximate surface area is 101 Å². The van der Waals surface area contributed by atoms with E-state index in [2.05, 4.69) is 5.10 Å². The van der Waals surface area contributed by atoms with Crippen LogP contribution < -0.4 is 10.5 Å². The molecule has 0 amide bonds. The Balaban J connectivity index is 1.81. The average Bonchev–Trinajstić information content (AvgIpc) is 2.76. The molecule has 0 aliphatic heterocycles. The summed E-state index contributed by atoms with van der Waals surface area (Å²) in [5.41, 5.74) is 7.80. The van der Waals surface area contributed by atoms with E-state index in [1.807, 2.05) is 48.3 Å². The number of hydrogen-bond acceptors (Lipinski definition) is 3. The molecule has 0 bridgehead atoms. The SMILES string of the molecule is Cc1cnn(CCOc2ccc(CN)cc2)c1. The lowest BCUT2D eigenvalue weighted by Crippen LogP contribution is -2.08. The van der Waals surface area contributed by atoms with Crippen LogP contribution in [-0.2, 0) is 13.1 Å². The minimum absolute atomic E-state index is 0.562. The van der Waals surface area contributed by atoms with Crippen molar-refractivity contribution in [1.29, 1.82) is 0 Å². The smallest absolute Gasteiger partial charge is 0.119 e. The van der Waals surface area contributed by atoms with Crippen molar-refractivity contribution >= 4 is 0 Å². The van der Waals surface area contributed by atoms with Gasteiger partial charge in [0.15, 0.2) is 0 Å². The predicted octanol–water partition coefficient (Wildman–Crippen LogP) is 1.73. The summed E-state index contributed by atoms with van der Waals surface area (Å²) in [4.78, 5) is 0. The first-order valence-electron chi connectivity index (χ1n) is 5.69. The molecule has 2 aromatic rings. The number of rotatable bonds is 5. The summed E-state index contributed by atoms with van der Waals surface area (Å²) in [5.74, 6) is 0.867. The van der Waals surface area contributed by atoms with Crippen LogP contribution in [0.4, 0.5) is 0 Å². The fourth-order valence-electron chi connectivity index (χ4n) is 1.57. The second kappa shape index (κ2) is 5.50. The summed E-state index contributed by atoms with van der Waals surface area (Å²) in [6.07, 6.45) is 3.84. The lowest BCUT2D eigenvalue weighted by molar-refractivity contribution is 0.291. The van der Waals surface area contributed by atoms with E-state index in [0.717, 1.165) is 23.4 Å². The minimum atomic E-state index is 0.562. The van der Waals surface area contributed by atoms with Crippen LogP contribution >= 0.6 is 0 Å². The third-order valence-electron chi connectivity index (χ3n) is 2.51. The fourth-order valence-corrected chi connectivity index (χ4v) is 1.57. The molecule has 1 aromatic carbocycles. The fraction of sp³-hybridized carbons (Fsp3) is 0.308. The monoisotopic (exact) mass is 231 g/mol. The van der Waals surface area contributed by atoms with Gasteiger partial charge in [-0.2, -0.15) is 5.10 Å². The average molecular weight is 231 g/mol. The van der Waals surface area contributed by atoms with Crippen molar-refractivity contribution in [1.82, 2.24) is 9.78 Å². The quantitative estimate of drug-likeness (QED) is 0.852. The number of nitrogens with two attached hydrogens (primary N) is 1. The molecule has 0 saturated carbocycles. The number of hydrogen-bond donors (Lipinski definition) is 1. The van der Waals surface area contributed by atoms with Crippen LogP contribution in [0.3, 0.4) is 0 Å². The lowest BCUT2D eigenvalue weighted by atomic mass is 10.2. The van der Waals surface area contributed by atoms with Crippen LogP contribution in [0, 0.1) is 6.92 Å². The zero-order valence-electron chi connectivity index (χ0n) is 9.97. The van der Waals surface area contributed by atoms with Gasteiger partial charge in [0.1, 0.15) is 12.4 Å². The molecule has 0 radical (unpaired) electrons. The van der Waals surface area contributed by atoms with Gasteiger partial charge in [-0.25, -0.2) is 0 Å². The van der Waals surface area contributed by atoms with E-state index in [1.165, 1.54) is 0 Å². The molecule has 1 aromatic heterocycles.